The average Bonchev–Trinajstić information content (AvgIpc) is 3.04. The molecule has 1 aromatic carbocycles. The van der Waals surface area contributed by atoms with Crippen LogP contribution in [0.15, 0.2) is 28.7 Å². The molecule has 0 saturated carbocycles. The third-order valence-corrected chi connectivity index (χ3v) is 6.01. The van der Waals surface area contributed by atoms with Crippen molar-refractivity contribution in [3.05, 3.63) is 34.3 Å². The Morgan fingerprint density at radius 2 is 1.86 bits per heavy atom. The highest BCUT2D eigenvalue weighted by atomic mass is 79.9. The predicted octanol–water partition coefficient (Wildman–Crippen LogP) is 2.82. The quantitative estimate of drug-likeness (QED) is 0.770. The van der Waals surface area contributed by atoms with E-state index in [9.17, 15) is 14.4 Å². The highest BCUT2D eigenvalue weighted by Gasteiger charge is 2.41. The molecule has 2 aliphatic rings. The molecule has 6 nitrogen and oxygen atoms in total. The van der Waals surface area contributed by atoms with Gasteiger partial charge in [-0.2, -0.15) is 0 Å². The molecule has 7 heteroatoms. The van der Waals surface area contributed by atoms with Crippen molar-refractivity contribution in [1.29, 1.82) is 0 Å². The number of hydrogen-bond acceptors (Lipinski definition) is 3. The average molecular weight is 450 g/mol. The molecule has 2 aliphatic heterocycles. The largest absolute Gasteiger partial charge is 0.349 e. The van der Waals surface area contributed by atoms with E-state index in [0.717, 1.165) is 17.3 Å². The second-order valence-electron chi connectivity index (χ2n) is 8.66. The van der Waals surface area contributed by atoms with Gasteiger partial charge in [-0.1, -0.05) is 22.0 Å². The zero-order valence-corrected chi connectivity index (χ0v) is 18.3. The monoisotopic (exact) mass is 449 g/mol. The van der Waals surface area contributed by atoms with Crippen LogP contribution in [0.1, 0.15) is 50.4 Å². The Bertz CT molecular complexity index is 766. The maximum absolute atomic E-state index is 12.9. The number of carbonyl (C=O) groups is 3. The van der Waals surface area contributed by atoms with Gasteiger partial charge in [0.05, 0.1) is 5.92 Å². The highest BCUT2D eigenvalue weighted by Crippen LogP contribution is 2.28. The Hall–Kier alpha value is -1.89. The molecular weight excluding hydrogens is 422 g/mol. The molecule has 3 rings (SSSR count). The molecule has 1 N–H and O–H groups in total. The van der Waals surface area contributed by atoms with Crippen molar-refractivity contribution in [3.8, 4) is 0 Å². The maximum atomic E-state index is 12.9. The standard InChI is InChI=1S/C21H28BrN3O3/c1-21(2,3)25-13-15(12-18(25)26)20(28)24-9-7-17(8-10-24)23-19(27)14-5-4-6-16(22)11-14/h4-6,11,15,17H,7-10,12-13H2,1-3H3,(H,23,27). The maximum Gasteiger partial charge on any atom is 0.251 e. The van der Waals surface area contributed by atoms with Crippen LogP contribution in [-0.4, -0.2) is 58.7 Å². The van der Waals surface area contributed by atoms with Crippen LogP contribution in [-0.2, 0) is 9.59 Å². The molecule has 0 radical (unpaired) electrons. The molecule has 1 unspecified atom stereocenters. The fraction of sp³-hybridized carbons (Fsp3) is 0.571. The summed E-state index contributed by atoms with van der Waals surface area (Å²) in [6, 6.07) is 7.37. The molecule has 28 heavy (non-hydrogen) atoms. The summed E-state index contributed by atoms with van der Waals surface area (Å²) in [6.45, 7) is 7.72. The van der Waals surface area contributed by atoms with Gasteiger partial charge in [-0.25, -0.2) is 0 Å². The Labute approximate surface area is 174 Å². The van der Waals surface area contributed by atoms with E-state index in [1.54, 1.807) is 17.0 Å². The molecule has 3 amide bonds. The van der Waals surface area contributed by atoms with Gasteiger partial charge in [0.2, 0.25) is 11.8 Å². The van der Waals surface area contributed by atoms with Crippen LogP contribution in [0.5, 0.6) is 0 Å². The van der Waals surface area contributed by atoms with E-state index >= 15 is 0 Å². The van der Waals surface area contributed by atoms with E-state index in [-0.39, 0.29) is 35.2 Å². The van der Waals surface area contributed by atoms with E-state index in [1.165, 1.54) is 0 Å². The van der Waals surface area contributed by atoms with Gasteiger partial charge in [0.15, 0.2) is 0 Å². The van der Waals surface area contributed by atoms with Crippen molar-refractivity contribution in [1.82, 2.24) is 15.1 Å². The second-order valence-corrected chi connectivity index (χ2v) is 9.58. The lowest BCUT2D eigenvalue weighted by molar-refractivity contribution is -0.136. The minimum absolute atomic E-state index is 0.0574. The fourth-order valence-corrected chi connectivity index (χ4v) is 4.32. The normalized spacial score (nSPS) is 21.1. The van der Waals surface area contributed by atoms with Gasteiger partial charge in [-0.15, -0.1) is 0 Å². The van der Waals surface area contributed by atoms with Crippen molar-refractivity contribution < 1.29 is 14.4 Å². The highest BCUT2D eigenvalue weighted by molar-refractivity contribution is 9.10. The molecule has 2 heterocycles. The molecule has 2 saturated heterocycles. The summed E-state index contributed by atoms with van der Waals surface area (Å²) >= 11 is 3.38. The number of rotatable bonds is 3. The Morgan fingerprint density at radius 1 is 1.18 bits per heavy atom. The number of piperidine rings is 1. The fourth-order valence-electron chi connectivity index (χ4n) is 3.92. The van der Waals surface area contributed by atoms with Gasteiger partial charge in [0.25, 0.3) is 5.91 Å². The third-order valence-electron chi connectivity index (χ3n) is 5.51. The van der Waals surface area contributed by atoms with E-state index < -0.39 is 0 Å². The van der Waals surface area contributed by atoms with Crippen LogP contribution in [0, 0.1) is 5.92 Å². The van der Waals surface area contributed by atoms with Crippen LogP contribution in [0.3, 0.4) is 0 Å². The van der Waals surface area contributed by atoms with Gasteiger partial charge in [0.1, 0.15) is 0 Å². The SMILES string of the molecule is CC(C)(C)N1CC(C(=O)N2CCC(NC(=O)c3cccc(Br)c3)CC2)CC1=O. The van der Waals surface area contributed by atoms with Gasteiger partial charge >= 0.3 is 0 Å². The molecular formula is C21H28BrN3O3. The van der Waals surface area contributed by atoms with Crippen molar-refractivity contribution in [2.24, 2.45) is 5.92 Å². The van der Waals surface area contributed by atoms with E-state index in [2.05, 4.69) is 21.2 Å². The molecule has 0 spiro atoms. The summed E-state index contributed by atoms with van der Waals surface area (Å²) < 4.78 is 0.871. The zero-order chi connectivity index (χ0) is 20.5. The number of likely N-dealkylation sites (tertiary alicyclic amines) is 2. The second kappa shape index (κ2) is 8.23. The first kappa shape index (κ1) is 20.8. The Morgan fingerprint density at radius 3 is 2.43 bits per heavy atom. The Kier molecular flexibility index (Phi) is 6.12. The minimum atomic E-state index is -0.254. The number of amides is 3. The Balaban J connectivity index is 1.51. The molecule has 1 aromatic rings. The summed E-state index contributed by atoms with van der Waals surface area (Å²) in [7, 11) is 0. The van der Waals surface area contributed by atoms with Crippen molar-refractivity contribution in [2.45, 2.75) is 51.6 Å². The summed E-state index contributed by atoms with van der Waals surface area (Å²) in [5.41, 5.74) is 0.371. The van der Waals surface area contributed by atoms with Gasteiger partial charge in [0, 0.05) is 47.7 Å². The van der Waals surface area contributed by atoms with Crippen LogP contribution >= 0.6 is 15.9 Å². The molecule has 0 bridgehead atoms. The lowest BCUT2D eigenvalue weighted by Gasteiger charge is -2.35. The van der Waals surface area contributed by atoms with Crippen molar-refractivity contribution in [2.75, 3.05) is 19.6 Å². The topological polar surface area (TPSA) is 69.7 Å². The summed E-state index contributed by atoms with van der Waals surface area (Å²) in [5, 5.41) is 3.07. The minimum Gasteiger partial charge on any atom is -0.349 e. The first-order valence-corrected chi connectivity index (χ1v) is 10.6. The number of nitrogens with one attached hydrogen (secondary N) is 1. The molecule has 0 aromatic heterocycles. The summed E-state index contributed by atoms with van der Waals surface area (Å²) in [6.07, 6.45) is 1.76. The van der Waals surface area contributed by atoms with Gasteiger partial charge < -0.3 is 15.1 Å². The van der Waals surface area contributed by atoms with Crippen LogP contribution in [0.2, 0.25) is 0 Å². The smallest absolute Gasteiger partial charge is 0.251 e. The van der Waals surface area contributed by atoms with Gasteiger partial charge in [-0.05, 0) is 51.8 Å². The lowest BCUT2D eigenvalue weighted by Crippen LogP contribution is -2.48. The van der Waals surface area contributed by atoms with Gasteiger partial charge in [-0.3, -0.25) is 14.4 Å². The van der Waals surface area contributed by atoms with E-state index in [4.69, 9.17) is 0 Å². The van der Waals surface area contributed by atoms with Crippen molar-refractivity contribution >= 4 is 33.7 Å². The molecule has 0 aliphatic carbocycles. The number of halogens is 1. The first-order chi connectivity index (χ1) is 13.1. The van der Waals surface area contributed by atoms with Crippen LogP contribution in [0.4, 0.5) is 0 Å². The van der Waals surface area contributed by atoms with E-state index in [1.807, 2.05) is 37.8 Å². The zero-order valence-electron chi connectivity index (χ0n) is 16.7. The summed E-state index contributed by atoms with van der Waals surface area (Å²) in [4.78, 5) is 41.2. The first-order valence-electron chi connectivity index (χ1n) is 9.81. The number of benzene rings is 1. The van der Waals surface area contributed by atoms with E-state index in [0.29, 0.717) is 31.6 Å². The van der Waals surface area contributed by atoms with Crippen molar-refractivity contribution in [3.63, 3.8) is 0 Å². The number of hydrogen-bond donors (Lipinski definition) is 1. The third kappa shape index (κ3) is 4.74. The number of carbonyl (C=O) groups excluding carboxylic acids is 3. The van der Waals surface area contributed by atoms with Crippen LogP contribution in [0.25, 0.3) is 0 Å². The van der Waals surface area contributed by atoms with Crippen LogP contribution < -0.4 is 5.32 Å². The summed E-state index contributed by atoms with van der Waals surface area (Å²) in [5.74, 6) is -0.216. The molecule has 2 fully saturated rings. The number of nitrogens with zero attached hydrogens (tertiary/aromatic N) is 2. The molecule has 152 valence electrons. The lowest BCUT2D eigenvalue weighted by atomic mass is 10.0. The predicted molar refractivity (Wildman–Crippen MR) is 111 cm³/mol. The molecule has 1 atom stereocenters.